The van der Waals surface area contributed by atoms with E-state index in [1.54, 1.807) is 11.0 Å². The van der Waals surface area contributed by atoms with E-state index >= 15 is 0 Å². The molecule has 28 heavy (non-hydrogen) atoms. The fourth-order valence-corrected chi connectivity index (χ4v) is 4.35. The van der Waals surface area contributed by atoms with Crippen molar-refractivity contribution >= 4 is 50.8 Å². The SMILES string of the molecule is Cc1csc(NC(=O)C2CCN(C(=O)c3cc(Cl)nc4ccccc34)CC2)n1. The van der Waals surface area contributed by atoms with Crippen LogP contribution in [0.5, 0.6) is 0 Å². The quantitative estimate of drug-likeness (QED) is 0.653. The molecular formula is C20H19ClN4O2S. The first-order valence-electron chi connectivity index (χ1n) is 9.09. The molecule has 0 radical (unpaired) electrons. The Morgan fingerprint density at radius 1 is 1.21 bits per heavy atom. The number of para-hydroxylation sites is 1. The molecule has 1 fully saturated rings. The Balaban J connectivity index is 1.44. The normalized spacial score (nSPS) is 15.0. The molecular weight excluding hydrogens is 396 g/mol. The maximum Gasteiger partial charge on any atom is 0.254 e. The lowest BCUT2D eigenvalue weighted by Crippen LogP contribution is -2.41. The average Bonchev–Trinajstić information content (AvgIpc) is 3.11. The number of halogens is 1. The minimum Gasteiger partial charge on any atom is -0.339 e. The number of pyridine rings is 1. The lowest BCUT2D eigenvalue weighted by molar-refractivity contribution is -0.121. The first kappa shape index (κ1) is 18.8. The minimum absolute atomic E-state index is 0.0288. The summed E-state index contributed by atoms with van der Waals surface area (Å²) in [7, 11) is 0. The van der Waals surface area contributed by atoms with Crippen molar-refractivity contribution < 1.29 is 9.59 Å². The van der Waals surface area contributed by atoms with Crippen LogP contribution in [-0.4, -0.2) is 39.8 Å². The summed E-state index contributed by atoms with van der Waals surface area (Å²) in [6.45, 7) is 2.95. The zero-order valence-electron chi connectivity index (χ0n) is 15.3. The van der Waals surface area contributed by atoms with E-state index in [1.807, 2.05) is 36.6 Å². The van der Waals surface area contributed by atoms with Gasteiger partial charge in [-0.25, -0.2) is 9.97 Å². The lowest BCUT2D eigenvalue weighted by Gasteiger charge is -2.31. The summed E-state index contributed by atoms with van der Waals surface area (Å²) in [6, 6.07) is 9.09. The Bertz CT molecular complexity index is 1040. The van der Waals surface area contributed by atoms with E-state index in [-0.39, 0.29) is 17.7 Å². The molecule has 0 atom stereocenters. The van der Waals surface area contributed by atoms with Crippen LogP contribution in [0.4, 0.5) is 5.13 Å². The number of benzene rings is 1. The van der Waals surface area contributed by atoms with Crippen LogP contribution in [-0.2, 0) is 4.79 Å². The van der Waals surface area contributed by atoms with Crippen molar-refractivity contribution in [2.45, 2.75) is 19.8 Å². The van der Waals surface area contributed by atoms with E-state index in [9.17, 15) is 9.59 Å². The van der Waals surface area contributed by atoms with Gasteiger partial charge in [0.1, 0.15) is 5.15 Å². The first-order chi connectivity index (χ1) is 13.5. The molecule has 1 aromatic carbocycles. The minimum atomic E-state index is -0.119. The third-order valence-electron chi connectivity index (χ3n) is 4.92. The Hall–Kier alpha value is -2.51. The zero-order valence-corrected chi connectivity index (χ0v) is 16.9. The number of hydrogen-bond acceptors (Lipinski definition) is 5. The average molecular weight is 415 g/mol. The number of aryl methyl sites for hydroxylation is 1. The summed E-state index contributed by atoms with van der Waals surface area (Å²) < 4.78 is 0. The number of hydrogen-bond donors (Lipinski definition) is 1. The molecule has 0 unspecified atom stereocenters. The predicted molar refractivity (Wildman–Crippen MR) is 111 cm³/mol. The number of anilines is 1. The van der Waals surface area contributed by atoms with Gasteiger partial charge in [0, 0.05) is 29.8 Å². The van der Waals surface area contributed by atoms with Gasteiger partial charge in [0.15, 0.2) is 5.13 Å². The standard InChI is InChI=1S/C20H19ClN4O2S/c1-12-11-28-20(22-12)24-18(26)13-6-8-25(9-7-13)19(27)15-10-17(21)23-16-5-3-2-4-14(15)16/h2-5,10-11,13H,6-9H2,1H3,(H,22,24,26). The lowest BCUT2D eigenvalue weighted by atomic mass is 9.95. The third-order valence-corrected chi connectivity index (χ3v) is 5.99. The largest absolute Gasteiger partial charge is 0.339 e. The highest BCUT2D eigenvalue weighted by atomic mass is 35.5. The Labute approximate surface area is 171 Å². The fraction of sp³-hybridized carbons (Fsp3) is 0.300. The number of likely N-dealkylation sites (tertiary alicyclic amines) is 1. The topological polar surface area (TPSA) is 75.2 Å². The van der Waals surface area contributed by atoms with Crippen LogP contribution >= 0.6 is 22.9 Å². The van der Waals surface area contributed by atoms with Crippen molar-refractivity contribution in [3.63, 3.8) is 0 Å². The van der Waals surface area contributed by atoms with Crippen molar-refractivity contribution in [2.75, 3.05) is 18.4 Å². The molecule has 3 heterocycles. The highest BCUT2D eigenvalue weighted by Gasteiger charge is 2.29. The maximum absolute atomic E-state index is 13.1. The molecule has 2 aromatic heterocycles. The molecule has 3 aromatic rings. The number of nitrogens with zero attached hydrogens (tertiary/aromatic N) is 3. The van der Waals surface area contributed by atoms with Crippen molar-refractivity contribution in [1.29, 1.82) is 0 Å². The summed E-state index contributed by atoms with van der Waals surface area (Å²) >= 11 is 7.53. The van der Waals surface area contributed by atoms with Gasteiger partial charge in [-0.1, -0.05) is 29.8 Å². The van der Waals surface area contributed by atoms with Crippen molar-refractivity contribution in [1.82, 2.24) is 14.9 Å². The van der Waals surface area contributed by atoms with Gasteiger partial charge >= 0.3 is 0 Å². The van der Waals surface area contributed by atoms with Gasteiger partial charge in [-0.2, -0.15) is 0 Å². The Morgan fingerprint density at radius 3 is 2.68 bits per heavy atom. The number of piperidine rings is 1. The molecule has 6 nitrogen and oxygen atoms in total. The van der Waals surface area contributed by atoms with E-state index in [0.29, 0.717) is 47.3 Å². The van der Waals surface area contributed by atoms with Crippen LogP contribution in [0.15, 0.2) is 35.7 Å². The molecule has 4 rings (SSSR count). The van der Waals surface area contributed by atoms with Gasteiger partial charge in [0.2, 0.25) is 5.91 Å². The van der Waals surface area contributed by atoms with E-state index in [0.717, 1.165) is 11.1 Å². The summed E-state index contributed by atoms with van der Waals surface area (Å²) in [5.74, 6) is -0.222. The molecule has 0 aliphatic carbocycles. The number of fused-ring (bicyclic) bond motifs is 1. The molecule has 144 valence electrons. The summed E-state index contributed by atoms with van der Waals surface area (Å²) in [5, 5.41) is 6.50. The van der Waals surface area contributed by atoms with Gasteiger partial charge in [-0.3, -0.25) is 9.59 Å². The molecule has 1 aliphatic rings. The van der Waals surface area contributed by atoms with E-state index in [2.05, 4.69) is 15.3 Å². The monoisotopic (exact) mass is 414 g/mol. The molecule has 2 amide bonds. The maximum atomic E-state index is 13.1. The highest BCUT2D eigenvalue weighted by Crippen LogP contribution is 2.26. The zero-order chi connectivity index (χ0) is 19.7. The van der Waals surface area contributed by atoms with Gasteiger partial charge in [0.05, 0.1) is 16.8 Å². The summed E-state index contributed by atoms with van der Waals surface area (Å²) in [6.07, 6.45) is 1.25. The molecule has 0 saturated carbocycles. The van der Waals surface area contributed by atoms with E-state index in [4.69, 9.17) is 11.6 Å². The second kappa shape index (κ2) is 7.85. The van der Waals surface area contributed by atoms with E-state index < -0.39 is 0 Å². The molecule has 0 spiro atoms. The van der Waals surface area contributed by atoms with Crippen molar-refractivity contribution in [3.8, 4) is 0 Å². The highest BCUT2D eigenvalue weighted by molar-refractivity contribution is 7.13. The molecule has 1 aliphatic heterocycles. The van der Waals surface area contributed by atoms with Crippen LogP contribution in [0.1, 0.15) is 28.9 Å². The van der Waals surface area contributed by atoms with Gasteiger partial charge in [-0.15, -0.1) is 11.3 Å². The second-order valence-corrected chi connectivity index (χ2v) is 8.10. The smallest absolute Gasteiger partial charge is 0.254 e. The number of carbonyl (C=O) groups is 2. The molecule has 1 saturated heterocycles. The Kier molecular flexibility index (Phi) is 5.28. The van der Waals surface area contributed by atoms with Gasteiger partial charge in [0.25, 0.3) is 5.91 Å². The summed E-state index contributed by atoms with van der Waals surface area (Å²) in [5.41, 5.74) is 2.15. The Morgan fingerprint density at radius 2 is 1.96 bits per heavy atom. The second-order valence-electron chi connectivity index (χ2n) is 6.86. The van der Waals surface area contributed by atoms with Crippen LogP contribution in [0.2, 0.25) is 5.15 Å². The fourth-order valence-electron chi connectivity index (χ4n) is 3.45. The van der Waals surface area contributed by atoms with Crippen LogP contribution < -0.4 is 5.32 Å². The van der Waals surface area contributed by atoms with Crippen LogP contribution in [0, 0.1) is 12.8 Å². The number of amides is 2. The van der Waals surface area contributed by atoms with Crippen LogP contribution in [0.3, 0.4) is 0 Å². The van der Waals surface area contributed by atoms with E-state index in [1.165, 1.54) is 11.3 Å². The van der Waals surface area contributed by atoms with Crippen LogP contribution in [0.25, 0.3) is 10.9 Å². The number of carbonyl (C=O) groups excluding carboxylic acids is 2. The molecule has 1 N–H and O–H groups in total. The molecule has 0 bridgehead atoms. The van der Waals surface area contributed by atoms with Crippen molar-refractivity contribution in [3.05, 3.63) is 52.1 Å². The van der Waals surface area contributed by atoms with Gasteiger partial charge < -0.3 is 10.2 Å². The van der Waals surface area contributed by atoms with Gasteiger partial charge in [-0.05, 0) is 31.9 Å². The third kappa shape index (κ3) is 3.86. The van der Waals surface area contributed by atoms with Crippen molar-refractivity contribution in [2.24, 2.45) is 5.92 Å². The number of rotatable bonds is 3. The first-order valence-corrected chi connectivity index (χ1v) is 10.3. The number of nitrogens with one attached hydrogen (secondary N) is 1. The molecule has 8 heteroatoms. The number of thiazole rings is 1. The predicted octanol–water partition coefficient (Wildman–Crippen LogP) is 4.14. The number of aromatic nitrogens is 2. The summed E-state index contributed by atoms with van der Waals surface area (Å²) in [4.78, 5) is 35.9.